The van der Waals surface area contributed by atoms with Gasteiger partial charge in [0.2, 0.25) is 0 Å². The molecular formula is C11H12BrClFN. The Morgan fingerprint density at radius 1 is 1.47 bits per heavy atom. The Labute approximate surface area is 102 Å². The first-order chi connectivity index (χ1) is 7.16. The third-order valence-corrected chi connectivity index (χ3v) is 3.74. The van der Waals surface area contributed by atoms with E-state index in [9.17, 15) is 4.39 Å². The van der Waals surface area contributed by atoms with Crippen LogP contribution in [0.2, 0.25) is 5.02 Å². The summed E-state index contributed by atoms with van der Waals surface area (Å²) in [6.07, 6.45) is 3.73. The molecule has 2 rings (SSSR count). The Morgan fingerprint density at radius 2 is 2.20 bits per heavy atom. The van der Waals surface area contributed by atoms with Crippen LogP contribution in [0.4, 0.5) is 4.39 Å². The van der Waals surface area contributed by atoms with Crippen molar-refractivity contribution in [2.24, 2.45) is 0 Å². The maximum Gasteiger partial charge on any atom is 0.137 e. The van der Waals surface area contributed by atoms with Crippen LogP contribution in [0.15, 0.2) is 16.6 Å². The highest BCUT2D eigenvalue weighted by atomic mass is 79.9. The molecule has 1 aliphatic carbocycles. The predicted octanol–water partition coefficient (Wildman–Crippen LogP) is 3.88. The molecule has 0 amide bonds. The van der Waals surface area contributed by atoms with Gasteiger partial charge in [-0.25, -0.2) is 4.39 Å². The molecule has 0 radical (unpaired) electrons. The van der Waals surface area contributed by atoms with E-state index in [1.54, 1.807) is 6.07 Å². The molecule has 0 spiro atoms. The number of hydrogen-bond donors (Lipinski definition) is 1. The molecule has 15 heavy (non-hydrogen) atoms. The van der Waals surface area contributed by atoms with E-state index >= 15 is 0 Å². The summed E-state index contributed by atoms with van der Waals surface area (Å²) in [6, 6.07) is 3.68. The van der Waals surface area contributed by atoms with Gasteiger partial charge in [0.15, 0.2) is 0 Å². The van der Waals surface area contributed by atoms with Gasteiger partial charge in [-0.1, -0.05) is 18.0 Å². The molecular weight excluding hydrogens is 280 g/mol. The molecule has 0 atom stereocenters. The molecule has 82 valence electrons. The summed E-state index contributed by atoms with van der Waals surface area (Å²) in [4.78, 5) is 0. The van der Waals surface area contributed by atoms with Crippen LogP contribution in [0.25, 0.3) is 0 Å². The van der Waals surface area contributed by atoms with Crippen LogP contribution in [0.3, 0.4) is 0 Å². The Hall–Kier alpha value is -0.120. The summed E-state index contributed by atoms with van der Waals surface area (Å²) in [5, 5.41) is 3.96. The molecule has 0 heterocycles. The maximum absolute atomic E-state index is 13.2. The van der Waals surface area contributed by atoms with Gasteiger partial charge in [0.1, 0.15) is 5.82 Å². The van der Waals surface area contributed by atoms with Gasteiger partial charge < -0.3 is 5.32 Å². The van der Waals surface area contributed by atoms with Gasteiger partial charge in [0.05, 0.1) is 4.47 Å². The first kappa shape index (κ1) is 11.4. The highest BCUT2D eigenvalue weighted by molar-refractivity contribution is 9.10. The van der Waals surface area contributed by atoms with Crippen molar-refractivity contribution < 1.29 is 4.39 Å². The molecule has 1 aromatic rings. The quantitative estimate of drug-likeness (QED) is 0.834. The minimum atomic E-state index is -0.259. The fourth-order valence-electron chi connectivity index (χ4n) is 1.57. The van der Waals surface area contributed by atoms with E-state index in [2.05, 4.69) is 21.2 Å². The molecule has 0 saturated heterocycles. The predicted molar refractivity (Wildman–Crippen MR) is 63.6 cm³/mol. The molecule has 1 saturated carbocycles. The first-order valence-electron chi connectivity index (χ1n) is 5.03. The second kappa shape index (κ2) is 4.81. The third-order valence-electron chi connectivity index (χ3n) is 2.78. The molecule has 1 fully saturated rings. The third kappa shape index (κ3) is 2.71. The van der Waals surface area contributed by atoms with Crippen molar-refractivity contribution in [1.82, 2.24) is 5.32 Å². The Morgan fingerprint density at radius 3 is 2.80 bits per heavy atom. The molecule has 0 aliphatic heterocycles. The van der Waals surface area contributed by atoms with E-state index in [0.29, 0.717) is 22.1 Å². The van der Waals surface area contributed by atoms with Gasteiger partial charge in [-0.05, 0) is 46.5 Å². The van der Waals surface area contributed by atoms with Crippen molar-refractivity contribution in [1.29, 1.82) is 0 Å². The highest BCUT2D eigenvalue weighted by Gasteiger charge is 2.17. The minimum Gasteiger partial charge on any atom is -0.310 e. The van der Waals surface area contributed by atoms with Crippen LogP contribution >= 0.6 is 27.5 Å². The molecule has 1 aliphatic rings. The lowest BCUT2D eigenvalue weighted by molar-refractivity contribution is 0.338. The van der Waals surface area contributed by atoms with E-state index in [0.717, 1.165) is 5.56 Å². The molecule has 0 aromatic heterocycles. The fraction of sp³-hybridized carbons (Fsp3) is 0.455. The second-order valence-electron chi connectivity index (χ2n) is 3.87. The second-order valence-corrected chi connectivity index (χ2v) is 5.13. The van der Waals surface area contributed by atoms with E-state index in [1.807, 2.05) is 0 Å². The number of rotatable bonds is 3. The van der Waals surface area contributed by atoms with Gasteiger partial charge in [0, 0.05) is 17.6 Å². The molecule has 1 N–H and O–H groups in total. The van der Waals surface area contributed by atoms with Crippen molar-refractivity contribution >= 4 is 27.5 Å². The SMILES string of the molecule is Fc1cc(CNC2CCC2)c(Cl)cc1Br. The van der Waals surface area contributed by atoms with E-state index in [4.69, 9.17) is 11.6 Å². The molecule has 1 aromatic carbocycles. The number of benzene rings is 1. The van der Waals surface area contributed by atoms with Crippen LogP contribution < -0.4 is 5.32 Å². The van der Waals surface area contributed by atoms with Crippen molar-refractivity contribution in [2.75, 3.05) is 0 Å². The van der Waals surface area contributed by atoms with E-state index in [1.165, 1.54) is 25.3 Å². The zero-order valence-electron chi connectivity index (χ0n) is 8.19. The van der Waals surface area contributed by atoms with Gasteiger partial charge in [-0.2, -0.15) is 0 Å². The van der Waals surface area contributed by atoms with Crippen molar-refractivity contribution in [3.05, 3.63) is 33.0 Å². The van der Waals surface area contributed by atoms with Crippen molar-refractivity contribution in [2.45, 2.75) is 31.8 Å². The lowest BCUT2D eigenvalue weighted by atomic mass is 9.93. The van der Waals surface area contributed by atoms with Gasteiger partial charge >= 0.3 is 0 Å². The zero-order valence-corrected chi connectivity index (χ0v) is 10.5. The summed E-state index contributed by atoms with van der Waals surface area (Å²) in [7, 11) is 0. The van der Waals surface area contributed by atoms with Gasteiger partial charge in [0.25, 0.3) is 0 Å². The maximum atomic E-state index is 13.2. The fourth-order valence-corrected chi connectivity index (χ4v) is 2.27. The zero-order chi connectivity index (χ0) is 10.8. The Bertz CT molecular complexity index is 366. The summed E-state index contributed by atoms with van der Waals surface area (Å²) in [5.74, 6) is -0.259. The van der Waals surface area contributed by atoms with Crippen LogP contribution in [0.5, 0.6) is 0 Å². The van der Waals surface area contributed by atoms with Crippen LogP contribution in [-0.4, -0.2) is 6.04 Å². The van der Waals surface area contributed by atoms with Gasteiger partial charge in [-0.15, -0.1) is 0 Å². The van der Waals surface area contributed by atoms with Crippen LogP contribution in [-0.2, 0) is 6.54 Å². The minimum absolute atomic E-state index is 0.259. The summed E-state index contributed by atoms with van der Waals surface area (Å²) in [5.41, 5.74) is 0.823. The molecule has 1 nitrogen and oxygen atoms in total. The monoisotopic (exact) mass is 291 g/mol. The van der Waals surface area contributed by atoms with Crippen LogP contribution in [0.1, 0.15) is 24.8 Å². The van der Waals surface area contributed by atoms with Crippen LogP contribution in [0, 0.1) is 5.82 Å². The number of hydrogen-bond acceptors (Lipinski definition) is 1. The first-order valence-corrected chi connectivity index (χ1v) is 6.20. The normalized spacial score (nSPS) is 16.5. The summed E-state index contributed by atoms with van der Waals surface area (Å²) in [6.45, 7) is 0.647. The van der Waals surface area contributed by atoms with Crippen molar-refractivity contribution in [3.63, 3.8) is 0 Å². The summed E-state index contributed by atoms with van der Waals surface area (Å²) >= 11 is 9.11. The lowest BCUT2D eigenvalue weighted by Crippen LogP contribution is -2.34. The Kier molecular flexibility index (Phi) is 3.65. The molecule has 4 heteroatoms. The average Bonchev–Trinajstić information content (AvgIpc) is 2.11. The number of nitrogens with one attached hydrogen (secondary N) is 1. The Balaban J connectivity index is 2.03. The van der Waals surface area contributed by atoms with E-state index in [-0.39, 0.29) is 5.82 Å². The standard InChI is InChI=1S/C11H12BrClFN/c12-9-5-10(13)7(4-11(9)14)6-15-8-2-1-3-8/h4-5,8,15H,1-3,6H2. The highest BCUT2D eigenvalue weighted by Crippen LogP contribution is 2.25. The van der Waals surface area contributed by atoms with E-state index < -0.39 is 0 Å². The topological polar surface area (TPSA) is 12.0 Å². The molecule has 0 bridgehead atoms. The molecule has 0 unspecified atom stereocenters. The van der Waals surface area contributed by atoms with Gasteiger partial charge in [-0.3, -0.25) is 0 Å². The lowest BCUT2D eigenvalue weighted by Gasteiger charge is -2.26. The van der Waals surface area contributed by atoms with Crippen molar-refractivity contribution in [3.8, 4) is 0 Å². The average molecular weight is 293 g/mol. The number of halogens is 3. The summed E-state index contributed by atoms with van der Waals surface area (Å²) < 4.78 is 13.7. The largest absolute Gasteiger partial charge is 0.310 e. The smallest absolute Gasteiger partial charge is 0.137 e.